The Hall–Kier alpha value is -2.44. The zero-order valence-corrected chi connectivity index (χ0v) is 13.0. The maximum atomic E-state index is 12.8. The van der Waals surface area contributed by atoms with Crippen LogP contribution in [0.2, 0.25) is 0 Å². The van der Waals surface area contributed by atoms with Crippen molar-refractivity contribution in [1.82, 2.24) is 25.0 Å². The van der Waals surface area contributed by atoms with E-state index < -0.39 is 0 Å². The highest BCUT2D eigenvalue weighted by Crippen LogP contribution is 2.20. The van der Waals surface area contributed by atoms with Gasteiger partial charge in [-0.05, 0) is 19.9 Å². The van der Waals surface area contributed by atoms with E-state index in [0.717, 1.165) is 16.7 Å². The first-order valence-corrected chi connectivity index (χ1v) is 7.34. The van der Waals surface area contributed by atoms with Gasteiger partial charge in [-0.3, -0.25) is 14.3 Å². The zero-order valence-electron chi connectivity index (χ0n) is 13.0. The van der Waals surface area contributed by atoms with Gasteiger partial charge in [-0.15, -0.1) is 0 Å². The molecular weight excluding hydrogens is 282 g/mol. The molecule has 0 atom stereocenters. The first-order valence-electron chi connectivity index (χ1n) is 7.34. The summed E-state index contributed by atoms with van der Waals surface area (Å²) in [4.78, 5) is 30.4. The predicted molar refractivity (Wildman–Crippen MR) is 81.5 cm³/mol. The fraction of sp³-hybridized carbons (Fsp3) is 0.467. The van der Waals surface area contributed by atoms with Crippen molar-refractivity contribution >= 4 is 22.8 Å². The number of amides is 2. The summed E-state index contributed by atoms with van der Waals surface area (Å²) in [6, 6.07) is 1.86. The van der Waals surface area contributed by atoms with Crippen LogP contribution in [-0.2, 0) is 11.8 Å². The summed E-state index contributed by atoms with van der Waals surface area (Å²) in [6.45, 7) is 5.19. The first kappa shape index (κ1) is 14.5. The molecule has 0 aromatic carbocycles. The molecule has 116 valence electrons. The van der Waals surface area contributed by atoms with Gasteiger partial charge in [-0.1, -0.05) is 0 Å². The molecule has 3 rings (SSSR count). The van der Waals surface area contributed by atoms with E-state index in [2.05, 4.69) is 15.4 Å². The molecule has 7 nitrogen and oxygen atoms in total. The summed E-state index contributed by atoms with van der Waals surface area (Å²) in [7, 11) is 1.84. The third-order valence-electron chi connectivity index (χ3n) is 4.02. The summed E-state index contributed by atoms with van der Waals surface area (Å²) < 4.78 is 1.72. The number of aromatic nitrogens is 3. The fourth-order valence-corrected chi connectivity index (χ4v) is 2.79. The van der Waals surface area contributed by atoms with Gasteiger partial charge in [-0.2, -0.15) is 5.10 Å². The highest BCUT2D eigenvalue weighted by molar-refractivity contribution is 5.99. The second-order valence-corrected chi connectivity index (χ2v) is 5.59. The maximum Gasteiger partial charge on any atom is 0.255 e. The van der Waals surface area contributed by atoms with Crippen LogP contribution in [0.5, 0.6) is 0 Å². The van der Waals surface area contributed by atoms with E-state index in [4.69, 9.17) is 0 Å². The van der Waals surface area contributed by atoms with Gasteiger partial charge in [0.15, 0.2) is 5.65 Å². The second-order valence-electron chi connectivity index (χ2n) is 5.59. The molecule has 0 radical (unpaired) electrons. The molecule has 2 aromatic heterocycles. The Balaban J connectivity index is 1.98. The summed E-state index contributed by atoms with van der Waals surface area (Å²) in [5, 5.41) is 8.01. The van der Waals surface area contributed by atoms with Gasteiger partial charge in [0.2, 0.25) is 5.91 Å². The van der Waals surface area contributed by atoms with E-state index in [9.17, 15) is 9.59 Å². The third-order valence-corrected chi connectivity index (χ3v) is 4.02. The van der Waals surface area contributed by atoms with Crippen LogP contribution in [0.1, 0.15) is 28.2 Å². The number of nitrogens with zero attached hydrogens (tertiary/aromatic N) is 4. The van der Waals surface area contributed by atoms with Gasteiger partial charge in [-0.25, -0.2) is 4.98 Å². The van der Waals surface area contributed by atoms with Crippen LogP contribution in [0.4, 0.5) is 0 Å². The van der Waals surface area contributed by atoms with Gasteiger partial charge < -0.3 is 10.2 Å². The summed E-state index contributed by atoms with van der Waals surface area (Å²) in [5.74, 6) is -0.0876. The molecule has 1 N–H and O–H groups in total. The van der Waals surface area contributed by atoms with Gasteiger partial charge in [0.05, 0.1) is 17.0 Å². The van der Waals surface area contributed by atoms with Crippen LogP contribution < -0.4 is 5.32 Å². The molecule has 3 heterocycles. The number of fused-ring (bicyclic) bond motifs is 1. The molecule has 1 aliphatic rings. The standard InChI is InChI=1S/C15H19N5O2/c1-9-12(8-11-10(2)18-19(3)14(11)17-9)15(22)20-6-4-13(21)16-5-7-20/h8H,4-7H2,1-3H3,(H,16,21). The fourth-order valence-electron chi connectivity index (χ4n) is 2.79. The predicted octanol–water partition coefficient (Wildman–Crippen LogP) is 0.547. The number of carbonyl (C=O) groups excluding carboxylic acids is 2. The zero-order chi connectivity index (χ0) is 15.9. The monoisotopic (exact) mass is 301 g/mol. The van der Waals surface area contributed by atoms with Crippen molar-refractivity contribution < 1.29 is 9.59 Å². The van der Waals surface area contributed by atoms with Gasteiger partial charge in [0.25, 0.3) is 5.91 Å². The van der Waals surface area contributed by atoms with Crippen molar-refractivity contribution in [1.29, 1.82) is 0 Å². The van der Waals surface area contributed by atoms with Gasteiger partial charge in [0.1, 0.15) is 0 Å². The van der Waals surface area contributed by atoms with E-state index in [1.807, 2.05) is 27.0 Å². The molecule has 0 bridgehead atoms. The average molecular weight is 301 g/mol. The SMILES string of the molecule is Cc1nc2c(cc1C(=O)N1CCNC(=O)CC1)c(C)nn2C. The van der Waals surface area contributed by atoms with Crippen LogP contribution >= 0.6 is 0 Å². The highest BCUT2D eigenvalue weighted by Gasteiger charge is 2.23. The van der Waals surface area contributed by atoms with Crippen LogP contribution in [0.15, 0.2) is 6.07 Å². The number of pyridine rings is 1. The molecule has 1 aliphatic heterocycles. The lowest BCUT2D eigenvalue weighted by Crippen LogP contribution is -2.34. The Kier molecular flexibility index (Phi) is 3.56. The lowest BCUT2D eigenvalue weighted by Gasteiger charge is -2.20. The molecule has 0 unspecified atom stereocenters. The smallest absolute Gasteiger partial charge is 0.255 e. The number of nitrogens with one attached hydrogen (secondary N) is 1. The number of rotatable bonds is 1. The number of carbonyl (C=O) groups is 2. The maximum absolute atomic E-state index is 12.8. The quantitative estimate of drug-likeness (QED) is 0.834. The van der Waals surface area contributed by atoms with Crippen molar-refractivity contribution in [2.24, 2.45) is 7.05 Å². The van der Waals surface area contributed by atoms with E-state index in [-0.39, 0.29) is 11.8 Å². The number of hydrogen-bond donors (Lipinski definition) is 1. The topological polar surface area (TPSA) is 80.1 Å². The molecule has 1 saturated heterocycles. The van der Waals surface area contributed by atoms with Crippen LogP contribution in [-0.4, -0.2) is 51.1 Å². The Bertz CT molecular complexity index is 765. The average Bonchev–Trinajstić information content (AvgIpc) is 2.65. The Labute approximate surface area is 128 Å². The van der Waals surface area contributed by atoms with Crippen molar-refractivity contribution in [3.8, 4) is 0 Å². The molecule has 0 saturated carbocycles. The summed E-state index contributed by atoms with van der Waals surface area (Å²) in [5.41, 5.74) is 2.90. The van der Waals surface area contributed by atoms with Crippen molar-refractivity contribution in [3.05, 3.63) is 23.0 Å². The van der Waals surface area contributed by atoms with E-state index in [1.54, 1.807) is 9.58 Å². The van der Waals surface area contributed by atoms with Crippen LogP contribution in [0.3, 0.4) is 0 Å². The molecule has 2 amide bonds. The van der Waals surface area contributed by atoms with Crippen molar-refractivity contribution in [2.45, 2.75) is 20.3 Å². The summed E-state index contributed by atoms with van der Waals surface area (Å²) >= 11 is 0. The Morgan fingerprint density at radius 1 is 1.27 bits per heavy atom. The summed E-state index contributed by atoms with van der Waals surface area (Å²) in [6.07, 6.45) is 0.340. The van der Waals surface area contributed by atoms with E-state index in [0.29, 0.717) is 37.3 Å². The third kappa shape index (κ3) is 2.43. The normalized spacial score (nSPS) is 15.8. The minimum Gasteiger partial charge on any atom is -0.354 e. The van der Waals surface area contributed by atoms with Gasteiger partial charge >= 0.3 is 0 Å². The minimum atomic E-state index is -0.0772. The second kappa shape index (κ2) is 5.40. The molecular formula is C15H19N5O2. The van der Waals surface area contributed by atoms with Crippen LogP contribution in [0, 0.1) is 13.8 Å². The van der Waals surface area contributed by atoms with Gasteiger partial charge in [0, 0.05) is 38.5 Å². The number of aryl methyl sites for hydroxylation is 3. The molecule has 0 spiro atoms. The largest absolute Gasteiger partial charge is 0.354 e. The van der Waals surface area contributed by atoms with Crippen LogP contribution in [0.25, 0.3) is 11.0 Å². The van der Waals surface area contributed by atoms with Crippen molar-refractivity contribution in [2.75, 3.05) is 19.6 Å². The van der Waals surface area contributed by atoms with E-state index in [1.165, 1.54) is 0 Å². The highest BCUT2D eigenvalue weighted by atomic mass is 16.2. The molecule has 22 heavy (non-hydrogen) atoms. The Morgan fingerprint density at radius 2 is 2.05 bits per heavy atom. The molecule has 7 heteroatoms. The minimum absolute atomic E-state index is 0.0105. The van der Waals surface area contributed by atoms with Crippen molar-refractivity contribution in [3.63, 3.8) is 0 Å². The number of hydrogen-bond acceptors (Lipinski definition) is 4. The lowest BCUT2D eigenvalue weighted by atomic mass is 10.1. The molecule has 0 aliphatic carbocycles. The lowest BCUT2D eigenvalue weighted by molar-refractivity contribution is -0.120. The first-order chi connectivity index (χ1) is 10.5. The Morgan fingerprint density at radius 3 is 2.82 bits per heavy atom. The molecule has 2 aromatic rings. The molecule has 1 fully saturated rings. The van der Waals surface area contributed by atoms with E-state index >= 15 is 0 Å².